The van der Waals surface area contributed by atoms with Crippen LogP contribution in [-0.2, 0) is 0 Å². The predicted octanol–water partition coefficient (Wildman–Crippen LogP) is 5.50. The minimum absolute atomic E-state index is 0.444. The van der Waals surface area contributed by atoms with E-state index in [1.54, 1.807) is 11.8 Å². The number of fused-ring (bicyclic) bond motifs is 1. The van der Waals surface area contributed by atoms with Crippen molar-refractivity contribution in [1.82, 2.24) is 0 Å². The molecule has 0 radical (unpaired) electrons. The topological polar surface area (TPSA) is 37.3 Å². The fourth-order valence-corrected chi connectivity index (χ4v) is 4.17. The first-order chi connectivity index (χ1) is 8.63. The maximum Gasteiger partial charge on any atom is 0.347 e. The lowest BCUT2D eigenvalue weighted by atomic mass is 10.2. The van der Waals surface area contributed by atoms with Gasteiger partial charge < -0.3 is 5.11 Å². The molecule has 0 atom stereocenters. The van der Waals surface area contributed by atoms with Gasteiger partial charge in [0.15, 0.2) is 0 Å². The van der Waals surface area contributed by atoms with Gasteiger partial charge in [0.2, 0.25) is 0 Å². The number of thioether (sulfide) groups is 1. The first-order valence-corrected chi connectivity index (χ1v) is 8.31. The Balaban J connectivity index is 0.000000771. The third-order valence-electron chi connectivity index (χ3n) is 2.09. The summed E-state index contributed by atoms with van der Waals surface area (Å²) in [5, 5.41) is 10.2. The summed E-state index contributed by atoms with van der Waals surface area (Å²) in [5.41, 5.74) is 0. The standard InChI is InChI=1S/C11H9BrO2S2.C2H6/c1-2-15-9-7-4-3-6(12)5-8(7)16-10(9)11(13)14;1-2/h3-5H,2H2,1H3,(H,13,14);1-2H3. The highest BCUT2D eigenvalue weighted by atomic mass is 79.9. The van der Waals surface area contributed by atoms with Gasteiger partial charge in [0.05, 0.1) is 0 Å². The van der Waals surface area contributed by atoms with Gasteiger partial charge in [-0.25, -0.2) is 4.79 Å². The van der Waals surface area contributed by atoms with Gasteiger partial charge in [0.25, 0.3) is 0 Å². The minimum Gasteiger partial charge on any atom is -0.477 e. The van der Waals surface area contributed by atoms with Crippen LogP contribution < -0.4 is 0 Å². The van der Waals surface area contributed by atoms with E-state index in [1.807, 2.05) is 39.0 Å². The number of aromatic carboxylic acids is 1. The normalized spacial score (nSPS) is 10.0. The van der Waals surface area contributed by atoms with Crippen LogP contribution in [0.4, 0.5) is 0 Å². The number of hydrogen-bond acceptors (Lipinski definition) is 3. The molecule has 0 unspecified atom stereocenters. The number of halogens is 1. The second kappa shape index (κ2) is 7.16. The zero-order chi connectivity index (χ0) is 13.7. The molecule has 98 valence electrons. The van der Waals surface area contributed by atoms with Crippen molar-refractivity contribution >= 4 is 55.1 Å². The molecule has 0 amide bonds. The zero-order valence-corrected chi connectivity index (χ0v) is 13.7. The second-order valence-corrected chi connectivity index (χ2v) is 6.38. The highest BCUT2D eigenvalue weighted by Gasteiger charge is 2.17. The molecule has 18 heavy (non-hydrogen) atoms. The lowest BCUT2D eigenvalue weighted by Gasteiger charge is -1.98. The average Bonchev–Trinajstić information content (AvgIpc) is 2.70. The number of carboxylic acid groups (broad SMARTS) is 1. The average molecular weight is 347 g/mol. The largest absolute Gasteiger partial charge is 0.477 e. The molecule has 0 bridgehead atoms. The summed E-state index contributed by atoms with van der Waals surface area (Å²) in [6, 6.07) is 5.88. The van der Waals surface area contributed by atoms with Crippen molar-refractivity contribution in [2.75, 3.05) is 5.75 Å². The molecule has 2 nitrogen and oxygen atoms in total. The highest BCUT2D eigenvalue weighted by molar-refractivity contribution is 9.10. The van der Waals surface area contributed by atoms with Gasteiger partial charge in [-0.1, -0.05) is 42.8 Å². The fraction of sp³-hybridized carbons (Fsp3) is 0.308. The summed E-state index contributed by atoms with van der Waals surface area (Å²) in [6.45, 7) is 6.03. The molecule has 0 fully saturated rings. The first-order valence-electron chi connectivity index (χ1n) is 5.71. The third-order valence-corrected chi connectivity index (χ3v) is 4.85. The second-order valence-electron chi connectivity index (χ2n) is 3.14. The molecular weight excluding hydrogens is 332 g/mol. The summed E-state index contributed by atoms with van der Waals surface area (Å²) >= 11 is 6.32. The Bertz CT molecular complexity index is 549. The predicted molar refractivity (Wildman–Crippen MR) is 84.2 cm³/mol. The van der Waals surface area contributed by atoms with E-state index in [0.29, 0.717) is 4.88 Å². The molecule has 0 aliphatic heterocycles. The van der Waals surface area contributed by atoms with E-state index in [9.17, 15) is 4.79 Å². The molecule has 1 aromatic carbocycles. The van der Waals surface area contributed by atoms with Crippen molar-refractivity contribution < 1.29 is 9.90 Å². The summed E-state index contributed by atoms with van der Waals surface area (Å²) in [7, 11) is 0. The summed E-state index contributed by atoms with van der Waals surface area (Å²) < 4.78 is 1.99. The first kappa shape index (κ1) is 15.5. The highest BCUT2D eigenvalue weighted by Crippen LogP contribution is 2.39. The van der Waals surface area contributed by atoms with E-state index >= 15 is 0 Å². The molecular formula is C13H15BrO2S2. The molecule has 0 saturated carbocycles. The monoisotopic (exact) mass is 346 g/mol. The Morgan fingerprint density at radius 2 is 2.11 bits per heavy atom. The van der Waals surface area contributed by atoms with Crippen LogP contribution in [0.2, 0.25) is 0 Å². The maximum absolute atomic E-state index is 11.1. The lowest BCUT2D eigenvalue weighted by molar-refractivity contribution is 0.0699. The SMILES string of the molecule is CC.CCSc1c(C(=O)O)sc2cc(Br)ccc12. The number of carboxylic acids is 1. The van der Waals surface area contributed by atoms with E-state index in [0.717, 1.165) is 25.2 Å². The van der Waals surface area contributed by atoms with Crippen LogP contribution in [0.3, 0.4) is 0 Å². The van der Waals surface area contributed by atoms with E-state index < -0.39 is 5.97 Å². The van der Waals surface area contributed by atoms with Crippen molar-refractivity contribution in [3.05, 3.63) is 27.5 Å². The zero-order valence-electron chi connectivity index (χ0n) is 10.5. The lowest BCUT2D eigenvalue weighted by Crippen LogP contribution is -1.93. The van der Waals surface area contributed by atoms with Crippen LogP contribution in [0.5, 0.6) is 0 Å². The molecule has 2 aromatic rings. The Morgan fingerprint density at radius 1 is 1.44 bits per heavy atom. The summed E-state index contributed by atoms with van der Waals surface area (Å²) in [5.74, 6) is 0.0376. The molecule has 1 heterocycles. The Morgan fingerprint density at radius 3 is 2.67 bits per heavy atom. The molecule has 5 heteroatoms. The van der Waals surface area contributed by atoms with Crippen LogP contribution in [0.15, 0.2) is 27.6 Å². The molecule has 0 spiro atoms. The van der Waals surface area contributed by atoms with Gasteiger partial charge in [-0.05, 0) is 17.9 Å². The van der Waals surface area contributed by atoms with Crippen LogP contribution in [-0.4, -0.2) is 16.8 Å². The van der Waals surface area contributed by atoms with Crippen LogP contribution in [0.25, 0.3) is 10.1 Å². The van der Waals surface area contributed by atoms with Gasteiger partial charge >= 0.3 is 5.97 Å². The van der Waals surface area contributed by atoms with E-state index in [-0.39, 0.29) is 0 Å². The fourth-order valence-electron chi connectivity index (χ4n) is 1.48. The van der Waals surface area contributed by atoms with Crippen molar-refractivity contribution in [3.63, 3.8) is 0 Å². The number of carbonyl (C=O) groups is 1. The van der Waals surface area contributed by atoms with Crippen molar-refractivity contribution in [2.24, 2.45) is 0 Å². The van der Waals surface area contributed by atoms with Crippen LogP contribution >= 0.6 is 39.0 Å². The minimum atomic E-state index is -0.840. The van der Waals surface area contributed by atoms with Gasteiger partial charge in [0.1, 0.15) is 4.88 Å². The van der Waals surface area contributed by atoms with Crippen molar-refractivity contribution in [1.29, 1.82) is 0 Å². The Labute approximate surface area is 124 Å². The number of benzene rings is 1. The van der Waals surface area contributed by atoms with Crippen molar-refractivity contribution in [2.45, 2.75) is 25.7 Å². The quantitative estimate of drug-likeness (QED) is 0.745. The molecule has 0 aliphatic carbocycles. The van der Waals surface area contributed by atoms with Gasteiger partial charge in [-0.15, -0.1) is 23.1 Å². The van der Waals surface area contributed by atoms with Gasteiger partial charge in [0, 0.05) is 19.5 Å². The third kappa shape index (κ3) is 3.28. The Kier molecular flexibility index (Phi) is 6.18. The Hall–Kier alpha value is -0.520. The molecule has 0 aliphatic rings. The molecule has 2 rings (SSSR count). The summed E-state index contributed by atoms with van der Waals surface area (Å²) in [4.78, 5) is 12.5. The molecule has 0 saturated heterocycles. The van der Waals surface area contributed by atoms with Gasteiger partial charge in [-0.2, -0.15) is 0 Å². The van der Waals surface area contributed by atoms with Crippen molar-refractivity contribution in [3.8, 4) is 0 Å². The van der Waals surface area contributed by atoms with E-state index in [2.05, 4.69) is 15.9 Å². The number of hydrogen-bond donors (Lipinski definition) is 1. The van der Waals surface area contributed by atoms with Crippen LogP contribution in [0, 0.1) is 0 Å². The maximum atomic E-state index is 11.1. The number of thiophene rings is 1. The smallest absolute Gasteiger partial charge is 0.347 e. The summed E-state index contributed by atoms with van der Waals surface area (Å²) in [6.07, 6.45) is 0. The molecule has 1 N–H and O–H groups in total. The molecule has 1 aromatic heterocycles. The van der Waals surface area contributed by atoms with E-state index in [1.165, 1.54) is 11.3 Å². The van der Waals surface area contributed by atoms with E-state index in [4.69, 9.17) is 5.11 Å². The number of rotatable bonds is 3. The van der Waals surface area contributed by atoms with Crippen LogP contribution in [0.1, 0.15) is 30.4 Å². The van der Waals surface area contributed by atoms with Gasteiger partial charge in [-0.3, -0.25) is 0 Å².